The third-order valence-electron chi connectivity index (χ3n) is 3.76. The molecule has 0 aromatic carbocycles. The van der Waals surface area contributed by atoms with Crippen LogP contribution in [0.25, 0.3) is 0 Å². The number of hydrogen-bond acceptors (Lipinski definition) is 5. The summed E-state index contributed by atoms with van der Waals surface area (Å²) < 4.78 is 6.85. The van der Waals surface area contributed by atoms with Crippen molar-refractivity contribution >= 4 is 11.9 Å². The smallest absolute Gasteiger partial charge is 0.310 e. The molecule has 1 aromatic heterocycles. The summed E-state index contributed by atoms with van der Waals surface area (Å²) in [5.41, 5.74) is 0. The maximum Gasteiger partial charge on any atom is 0.310 e. The Labute approximate surface area is 130 Å². The van der Waals surface area contributed by atoms with Gasteiger partial charge in [-0.2, -0.15) is 5.10 Å². The van der Waals surface area contributed by atoms with E-state index in [4.69, 9.17) is 4.74 Å². The van der Waals surface area contributed by atoms with Crippen molar-refractivity contribution in [2.45, 2.75) is 26.3 Å². The minimum atomic E-state index is -0.115. The van der Waals surface area contributed by atoms with Crippen molar-refractivity contribution in [2.75, 3.05) is 26.7 Å². The van der Waals surface area contributed by atoms with Gasteiger partial charge >= 0.3 is 5.97 Å². The molecule has 1 N–H and O–H groups in total. The predicted octanol–water partition coefficient (Wildman–Crippen LogP) is 0.166. The first-order valence-corrected chi connectivity index (χ1v) is 7.60. The van der Waals surface area contributed by atoms with Crippen molar-refractivity contribution in [1.29, 1.82) is 0 Å². The third kappa shape index (κ3) is 3.96. The zero-order chi connectivity index (χ0) is 15.9. The van der Waals surface area contributed by atoms with Crippen molar-refractivity contribution in [3.63, 3.8) is 0 Å². The van der Waals surface area contributed by atoms with Gasteiger partial charge in [0.15, 0.2) is 5.96 Å². The Morgan fingerprint density at radius 3 is 3.05 bits per heavy atom. The lowest BCUT2D eigenvalue weighted by molar-refractivity contribution is -0.149. The number of aliphatic imine (C=N–C) groups is 1. The first kappa shape index (κ1) is 16.3. The zero-order valence-corrected chi connectivity index (χ0v) is 13.4. The Morgan fingerprint density at radius 2 is 2.41 bits per heavy atom. The van der Waals surface area contributed by atoms with Crippen molar-refractivity contribution < 1.29 is 9.53 Å². The molecule has 0 aliphatic carbocycles. The molecule has 22 heavy (non-hydrogen) atoms. The van der Waals surface area contributed by atoms with Crippen LogP contribution < -0.4 is 5.32 Å². The lowest BCUT2D eigenvalue weighted by Gasteiger charge is -2.33. The number of ether oxygens (including phenoxy) is 1. The molecule has 1 atom stereocenters. The Hall–Kier alpha value is -2.12. The van der Waals surface area contributed by atoms with E-state index in [0.29, 0.717) is 19.7 Å². The number of carbonyl (C=O) groups excluding carboxylic acids is 1. The highest BCUT2D eigenvalue weighted by atomic mass is 16.5. The quantitative estimate of drug-likeness (QED) is 0.485. The normalized spacial score (nSPS) is 19.1. The molecule has 8 heteroatoms. The van der Waals surface area contributed by atoms with E-state index < -0.39 is 0 Å². The largest absolute Gasteiger partial charge is 0.466 e. The second kappa shape index (κ2) is 7.77. The van der Waals surface area contributed by atoms with Crippen LogP contribution in [0.4, 0.5) is 0 Å². The SMILES string of the molecule is CCOC(=O)C1CCCN(C(=NC)NCc2ncnn2C)C1. The van der Waals surface area contributed by atoms with E-state index in [9.17, 15) is 4.79 Å². The Morgan fingerprint density at radius 1 is 1.59 bits per heavy atom. The molecule has 1 aliphatic rings. The van der Waals surface area contributed by atoms with Gasteiger partial charge in [-0.1, -0.05) is 0 Å². The molecule has 1 aromatic rings. The molecule has 1 unspecified atom stereocenters. The molecule has 0 radical (unpaired) electrons. The summed E-state index contributed by atoms with van der Waals surface area (Å²) in [4.78, 5) is 22.5. The number of piperidine rings is 1. The molecular weight excluding hydrogens is 284 g/mol. The molecule has 0 saturated carbocycles. The van der Waals surface area contributed by atoms with Gasteiger partial charge < -0.3 is 15.0 Å². The number of rotatable bonds is 4. The molecule has 2 heterocycles. The highest BCUT2D eigenvalue weighted by Crippen LogP contribution is 2.18. The van der Waals surface area contributed by atoms with Gasteiger partial charge in [0.05, 0.1) is 19.1 Å². The summed E-state index contributed by atoms with van der Waals surface area (Å²) in [6.07, 6.45) is 3.35. The Kier molecular flexibility index (Phi) is 5.74. The molecule has 0 amide bonds. The molecule has 1 saturated heterocycles. The zero-order valence-electron chi connectivity index (χ0n) is 13.4. The number of guanidine groups is 1. The van der Waals surface area contributed by atoms with E-state index >= 15 is 0 Å². The highest BCUT2D eigenvalue weighted by molar-refractivity contribution is 5.81. The fourth-order valence-corrected chi connectivity index (χ4v) is 2.59. The average molecular weight is 308 g/mol. The molecule has 1 aliphatic heterocycles. The molecule has 1 fully saturated rings. The van der Waals surface area contributed by atoms with Gasteiger partial charge in [-0.3, -0.25) is 14.5 Å². The maximum absolute atomic E-state index is 11.9. The van der Waals surface area contributed by atoms with E-state index in [1.54, 1.807) is 11.7 Å². The van der Waals surface area contributed by atoms with E-state index in [0.717, 1.165) is 31.2 Å². The van der Waals surface area contributed by atoms with Crippen molar-refractivity contribution in [3.05, 3.63) is 12.2 Å². The van der Waals surface area contributed by atoms with Crippen molar-refractivity contribution in [2.24, 2.45) is 18.0 Å². The number of aromatic nitrogens is 3. The number of nitrogens with one attached hydrogen (secondary N) is 1. The first-order chi connectivity index (χ1) is 10.7. The maximum atomic E-state index is 11.9. The highest BCUT2D eigenvalue weighted by Gasteiger charge is 2.28. The van der Waals surface area contributed by atoms with Crippen LogP contribution in [0, 0.1) is 5.92 Å². The Bertz CT molecular complexity index is 527. The van der Waals surface area contributed by atoms with E-state index in [2.05, 4.69) is 25.3 Å². The lowest BCUT2D eigenvalue weighted by atomic mass is 9.98. The summed E-state index contributed by atoms with van der Waals surface area (Å²) in [6.45, 7) is 4.32. The summed E-state index contributed by atoms with van der Waals surface area (Å²) in [6, 6.07) is 0. The number of esters is 1. The van der Waals surface area contributed by atoms with Crippen LogP contribution in [-0.2, 0) is 23.1 Å². The molecule has 0 bridgehead atoms. The van der Waals surface area contributed by atoms with Crippen LogP contribution in [-0.4, -0.2) is 58.3 Å². The summed E-state index contributed by atoms with van der Waals surface area (Å²) in [7, 11) is 3.59. The molecule has 2 rings (SSSR count). The average Bonchev–Trinajstić information content (AvgIpc) is 2.94. The fraction of sp³-hybridized carbons (Fsp3) is 0.714. The molecule has 8 nitrogen and oxygen atoms in total. The van der Waals surface area contributed by atoms with Crippen LogP contribution in [0.15, 0.2) is 11.3 Å². The number of hydrogen-bond donors (Lipinski definition) is 1. The van der Waals surface area contributed by atoms with E-state index in [1.165, 1.54) is 6.33 Å². The molecule has 122 valence electrons. The summed E-state index contributed by atoms with van der Waals surface area (Å²) >= 11 is 0. The topological polar surface area (TPSA) is 84.6 Å². The van der Waals surface area contributed by atoms with Crippen LogP contribution in [0.2, 0.25) is 0 Å². The summed E-state index contributed by atoms with van der Waals surface area (Å²) in [5.74, 6) is 1.41. The van der Waals surface area contributed by atoms with Gasteiger partial charge in [-0.25, -0.2) is 4.98 Å². The van der Waals surface area contributed by atoms with Crippen molar-refractivity contribution in [1.82, 2.24) is 25.0 Å². The van der Waals surface area contributed by atoms with Gasteiger partial charge in [-0.05, 0) is 19.8 Å². The van der Waals surface area contributed by atoms with E-state index in [1.807, 2.05) is 14.0 Å². The molecular formula is C14H24N6O2. The Balaban J connectivity index is 1.92. The van der Waals surface area contributed by atoms with Gasteiger partial charge in [0.1, 0.15) is 12.2 Å². The number of carbonyl (C=O) groups is 1. The predicted molar refractivity (Wildman–Crippen MR) is 82.1 cm³/mol. The number of aryl methyl sites for hydroxylation is 1. The van der Waals surface area contributed by atoms with Gasteiger partial charge in [0.2, 0.25) is 0 Å². The minimum absolute atomic E-state index is 0.0814. The van der Waals surface area contributed by atoms with Gasteiger partial charge in [0.25, 0.3) is 0 Å². The van der Waals surface area contributed by atoms with Crippen LogP contribution in [0.5, 0.6) is 0 Å². The number of nitrogens with zero attached hydrogens (tertiary/aromatic N) is 5. The first-order valence-electron chi connectivity index (χ1n) is 7.60. The van der Waals surface area contributed by atoms with Crippen LogP contribution >= 0.6 is 0 Å². The number of likely N-dealkylation sites (tertiary alicyclic amines) is 1. The second-order valence-corrected chi connectivity index (χ2v) is 5.24. The lowest BCUT2D eigenvalue weighted by Crippen LogP contribution is -2.48. The van der Waals surface area contributed by atoms with Gasteiger partial charge in [0, 0.05) is 27.2 Å². The summed E-state index contributed by atoms with van der Waals surface area (Å²) in [5, 5.41) is 7.31. The third-order valence-corrected chi connectivity index (χ3v) is 3.76. The van der Waals surface area contributed by atoms with Gasteiger partial charge in [-0.15, -0.1) is 0 Å². The molecule has 0 spiro atoms. The monoisotopic (exact) mass is 308 g/mol. The van der Waals surface area contributed by atoms with E-state index in [-0.39, 0.29) is 11.9 Å². The minimum Gasteiger partial charge on any atom is -0.466 e. The van der Waals surface area contributed by atoms with Crippen LogP contribution in [0.1, 0.15) is 25.6 Å². The second-order valence-electron chi connectivity index (χ2n) is 5.24. The van der Waals surface area contributed by atoms with Crippen LogP contribution in [0.3, 0.4) is 0 Å². The fourth-order valence-electron chi connectivity index (χ4n) is 2.59. The van der Waals surface area contributed by atoms with Crippen molar-refractivity contribution in [3.8, 4) is 0 Å². The standard InChI is InChI=1S/C14H24N6O2/c1-4-22-13(21)11-6-5-7-20(9-11)14(15-2)16-8-12-17-10-18-19(12)3/h10-11H,4-9H2,1-3H3,(H,15,16).